The average Bonchev–Trinajstić information content (AvgIpc) is 3.99. The zero-order valence-electron chi connectivity index (χ0n) is 26.0. The third-order valence-corrected chi connectivity index (χ3v) is 11.4. The van der Waals surface area contributed by atoms with Crippen LogP contribution in [0.25, 0.3) is 0 Å². The predicted octanol–water partition coefficient (Wildman–Crippen LogP) is 8.13. The fourth-order valence-electron chi connectivity index (χ4n) is 5.74. The number of aromatic carboxylic acids is 1. The molecule has 0 saturated heterocycles. The average molecular weight is 752 g/mol. The van der Waals surface area contributed by atoms with Crippen LogP contribution in [0.3, 0.4) is 0 Å². The lowest BCUT2D eigenvalue weighted by molar-refractivity contribution is -0.119. The number of carboxylic acids is 1. The molecule has 2 fully saturated rings. The number of phenols is 1. The number of nitrogens with zero attached hydrogens (tertiary/aromatic N) is 2. The maximum atomic E-state index is 15.1. The second kappa shape index (κ2) is 13.9. The van der Waals surface area contributed by atoms with Gasteiger partial charge in [-0.15, -0.1) is 0 Å². The van der Waals surface area contributed by atoms with E-state index >= 15 is 4.39 Å². The van der Waals surface area contributed by atoms with E-state index in [1.54, 1.807) is 0 Å². The molecular weight excluding hydrogens is 723 g/mol. The summed E-state index contributed by atoms with van der Waals surface area (Å²) in [7, 11) is -5.42. The van der Waals surface area contributed by atoms with Gasteiger partial charge in [-0.3, -0.25) is 4.79 Å². The van der Waals surface area contributed by atoms with Crippen molar-refractivity contribution in [1.29, 1.82) is 0 Å². The van der Waals surface area contributed by atoms with E-state index in [1.165, 1.54) is 30.3 Å². The summed E-state index contributed by atoms with van der Waals surface area (Å²) in [6.45, 7) is -1.98. The highest BCUT2D eigenvalue weighted by molar-refractivity contribution is 7.89. The molecule has 0 unspecified atom stereocenters. The van der Waals surface area contributed by atoms with Crippen LogP contribution < -0.4 is 4.90 Å². The first-order chi connectivity index (χ1) is 23.7. The molecule has 50 heavy (non-hydrogen) atoms. The first-order valence-electron chi connectivity index (χ1n) is 15.4. The van der Waals surface area contributed by atoms with Crippen molar-refractivity contribution in [2.45, 2.75) is 55.5 Å². The quantitative estimate of drug-likeness (QED) is 0.0859. The lowest BCUT2D eigenvalue weighted by Crippen LogP contribution is -2.43. The Morgan fingerprint density at radius 3 is 1.96 bits per heavy atom. The summed E-state index contributed by atoms with van der Waals surface area (Å²) in [5.41, 5.74) is 2.47. The van der Waals surface area contributed by atoms with Crippen LogP contribution >= 0.6 is 23.2 Å². The molecule has 262 valence electrons. The van der Waals surface area contributed by atoms with Crippen molar-refractivity contribution in [2.24, 2.45) is 0 Å². The van der Waals surface area contributed by atoms with Crippen molar-refractivity contribution in [3.05, 3.63) is 122 Å². The molecule has 2 aliphatic carbocycles. The number of carbonyl (C=O) groups is 2. The fourth-order valence-corrected chi connectivity index (χ4v) is 7.87. The maximum absolute atomic E-state index is 15.1. The zero-order chi connectivity index (χ0) is 36.1. The van der Waals surface area contributed by atoms with Crippen molar-refractivity contribution in [1.82, 2.24) is 4.31 Å². The Morgan fingerprint density at radius 2 is 1.40 bits per heavy atom. The van der Waals surface area contributed by atoms with E-state index in [9.17, 15) is 41.4 Å². The van der Waals surface area contributed by atoms with Crippen LogP contribution in [0.1, 0.15) is 70.1 Å². The number of hydrogen-bond donors (Lipinski definition) is 2. The molecule has 4 aromatic carbocycles. The summed E-state index contributed by atoms with van der Waals surface area (Å²) in [6, 6.07) is 15.2. The van der Waals surface area contributed by atoms with E-state index in [0.717, 1.165) is 53.8 Å². The van der Waals surface area contributed by atoms with Crippen molar-refractivity contribution in [2.75, 3.05) is 11.4 Å². The zero-order valence-corrected chi connectivity index (χ0v) is 28.3. The highest BCUT2D eigenvalue weighted by Gasteiger charge is 2.38. The number of sulfonamides is 1. The molecule has 2 N–H and O–H groups in total. The highest BCUT2D eigenvalue weighted by Crippen LogP contribution is 2.45. The Bertz CT molecular complexity index is 2080. The summed E-state index contributed by atoms with van der Waals surface area (Å²) in [4.78, 5) is 25.3. The minimum Gasteiger partial charge on any atom is -0.507 e. The largest absolute Gasteiger partial charge is 0.507 e. The number of rotatable bonds is 12. The van der Waals surface area contributed by atoms with Gasteiger partial charge in [0.05, 0.1) is 13.1 Å². The number of carboxylic acid groups (broad SMARTS) is 1. The Labute approximate surface area is 294 Å². The molecule has 2 aliphatic rings. The van der Waals surface area contributed by atoms with Gasteiger partial charge in [0.15, 0.2) is 23.3 Å². The Morgan fingerprint density at radius 1 is 0.800 bits per heavy atom. The SMILES string of the molecule is O=C(O)c1ccc(N(Cc2cc(C3CC3)cc(C3CC3)c2)C(=O)CN(Cc2ccccc2Cl)S(=O)(=O)c2c(F)c(F)c(F)c(F)c2Cl)cc1O. The van der Waals surface area contributed by atoms with Gasteiger partial charge in [0, 0.05) is 23.3 Å². The molecule has 0 atom stereocenters. The first kappa shape index (κ1) is 35.6. The monoisotopic (exact) mass is 750 g/mol. The lowest BCUT2D eigenvalue weighted by Gasteiger charge is -2.29. The summed E-state index contributed by atoms with van der Waals surface area (Å²) in [5, 5.41) is 18.5. The lowest BCUT2D eigenvalue weighted by atomic mass is 9.99. The van der Waals surface area contributed by atoms with E-state index in [4.69, 9.17) is 23.2 Å². The van der Waals surface area contributed by atoms with Crippen LogP contribution in [0.5, 0.6) is 5.75 Å². The van der Waals surface area contributed by atoms with Gasteiger partial charge < -0.3 is 15.1 Å². The molecule has 0 spiro atoms. The molecule has 0 bridgehead atoms. The maximum Gasteiger partial charge on any atom is 0.339 e. The van der Waals surface area contributed by atoms with Crippen molar-refractivity contribution < 1.29 is 45.8 Å². The third kappa shape index (κ3) is 7.18. The van der Waals surface area contributed by atoms with Gasteiger partial charge in [0.25, 0.3) is 0 Å². The number of amides is 1. The topological polar surface area (TPSA) is 115 Å². The summed E-state index contributed by atoms with van der Waals surface area (Å²) >= 11 is 12.1. The molecule has 0 heterocycles. The number of carbonyl (C=O) groups excluding carboxylic acids is 1. The van der Waals surface area contributed by atoms with Crippen LogP contribution in [-0.2, 0) is 27.9 Å². The number of halogens is 6. The summed E-state index contributed by atoms with van der Waals surface area (Å²) in [5.74, 6) is -11.6. The minimum absolute atomic E-state index is 0.0135. The minimum atomic E-state index is -5.42. The Hall–Kier alpha value is -4.17. The second-order valence-electron chi connectivity index (χ2n) is 12.3. The van der Waals surface area contributed by atoms with E-state index in [0.29, 0.717) is 21.7 Å². The van der Waals surface area contributed by atoms with Gasteiger partial charge in [0.1, 0.15) is 21.2 Å². The Balaban J connectivity index is 1.45. The Kier molecular flexibility index (Phi) is 9.88. The van der Waals surface area contributed by atoms with Crippen molar-refractivity contribution >= 4 is 50.8 Å². The van der Waals surface area contributed by atoms with Crippen molar-refractivity contribution in [3.8, 4) is 5.75 Å². The van der Waals surface area contributed by atoms with Crippen LogP contribution in [0.2, 0.25) is 10.0 Å². The molecule has 1 amide bonds. The molecule has 6 rings (SSSR count). The molecule has 15 heteroatoms. The third-order valence-electron chi connectivity index (χ3n) is 8.68. The number of anilines is 1. The van der Waals surface area contributed by atoms with Gasteiger partial charge in [-0.25, -0.2) is 30.8 Å². The number of hydrogen-bond acceptors (Lipinski definition) is 5. The van der Waals surface area contributed by atoms with Gasteiger partial charge in [-0.1, -0.05) is 59.6 Å². The normalized spacial score (nSPS) is 14.6. The van der Waals surface area contributed by atoms with E-state index in [-0.39, 0.29) is 22.8 Å². The van der Waals surface area contributed by atoms with Crippen LogP contribution in [0.15, 0.2) is 65.6 Å². The van der Waals surface area contributed by atoms with E-state index < -0.39 is 79.5 Å². The first-order valence-corrected chi connectivity index (χ1v) is 17.6. The molecule has 8 nitrogen and oxygen atoms in total. The van der Waals surface area contributed by atoms with Crippen molar-refractivity contribution in [3.63, 3.8) is 0 Å². The smallest absolute Gasteiger partial charge is 0.339 e. The molecule has 0 aliphatic heterocycles. The fraction of sp³-hybridized carbons (Fsp3) is 0.257. The summed E-state index contributed by atoms with van der Waals surface area (Å²) < 4.78 is 86.4. The number of aromatic hydroxyl groups is 1. The standard InChI is InChI=1S/C35H28Cl2F4N2O6S/c36-26-4-2-1-3-21(26)16-42(50(48,49)34-29(37)30(38)31(39)32(40)33(34)41)17-28(45)43(24-9-10-25(35(46)47)27(44)14-24)15-18-11-22(19-5-6-19)13-23(12-18)20-7-8-20/h1-4,9-14,19-20,44H,5-8,15-17H2,(H,46,47). The van der Waals surface area contributed by atoms with Gasteiger partial charge in [-0.2, -0.15) is 4.31 Å². The second-order valence-corrected chi connectivity index (χ2v) is 15.0. The molecule has 2 saturated carbocycles. The molecule has 0 aromatic heterocycles. The van der Waals surface area contributed by atoms with Gasteiger partial charge in [0.2, 0.25) is 15.9 Å². The molecule has 4 aromatic rings. The predicted molar refractivity (Wildman–Crippen MR) is 177 cm³/mol. The highest BCUT2D eigenvalue weighted by atomic mass is 35.5. The number of benzene rings is 4. The van der Waals surface area contributed by atoms with Crippen LogP contribution in [0.4, 0.5) is 23.2 Å². The van der Waals surface area contributed by atoms with Gasteiger partial charge in [-0.05, 0) is 78.0 Å². The molecular formula is C35H28Cl2F4N2O6S. The van der Waals surface area contributed by atoms with Gasteiger partial charge >= 0.3 is 5.97 Å². The van der Waals surface area contributed by atoms with E-state index in [2.05, 4.69) is 6.07 Å². The summed E-state index contributed by atoms with van der Waals surface area (Å²) in [6.07, 6.45) is 4.00. The van der Waals surface area contributed by atoms with Crippen LogP contribution in [-0.4, -0.2) is 41.4 Å². The van der Waals surface area contributed by atoms with Crippen LogP contribution in [0, 0.1) is 23.3 Å². The molecule has 0 radical (unpaired) electrons. The van der Waals surface area contributed by atoms with E-state index in [1.807, 2.05) is 12.1 Å².